The normalized spacial score (nSPS) is 13.5. The summed E-state index contributed by atoms with van der Waals surface area (Å²) in [5.74, 6) is 0.527. The molecule has 0 fully saturated rings. The van der Waals surface area contributed by atoms with Gasteiger partial charge in [0.05, 0.1) is 0 Å². The van der Waals surface area contributed by atoms with Crippen molar-refractivity contribution in [3.8, 4) is 0 Å². The molecular formula is C11H14S. The molecule has 0 nitrogen and oxygen atoms in total. The van der Waals surface area contributed by atoms with Crippen LogP contribution >= 0.6 is 11.8 Å². The lowest BCUT2D eigenvalue weighted by atomic mass is 10.0. The quantitative estimate of drug-likeness (QED) is 0.680. The molecule has 1 rings (SSSR count). The fourth-order valence-electron chi connectivity index (χ4n) is 1.06. The molecule has 1 atom stereocenters. The summed E-state index contributed by atoms with van der Waals surface area (Å²) in [7, 11) is 0. The summed E-state index contributed by atoms with van der Waals surface area (Å²) in [6.45, 7) is 2.21. The van der Waals surface area contributed by atoms with E-state index in [1.165, 1.54) is 5.56 Å². The van der Waals surface area contributed by atoms with Crippen molar-refractivity contribution >= 4 is 11.8 Å². The van der Waals surface area contributed by atoms with Crippen LogP contribution in [0, 0.1) is 0 Å². The van der Waals surface area contributed by atoms with Gasteiger partial charge in [0.2, 0.25) is 0 Å². The van der Waals surface area contributed by atoms with Crippen LogP contribution in [0.2, 0.25) is 0 Å². The number of hydrogen-bond acceptors (Lipinski definition) is 1. The molecule has 1 heteroatoms. The molecular weight excluding hydrogens is 164 g/mol. The van der Waals surface area contributed by atoms with E-state index in [1.54, 1.807) is 11.8 Å². The molecule has 1 unspecified atom stereocenters. The summed E-state index contributed by atoms with van der Waals surface area (Å²) in [4.78, 5) is 0. The van der Waals surface area contributed by atoms with E-state index in [1.807, 2.05) is 0 Å². The number of allylic oxidation sites excluding steroid dienone is 1. The highest BCUT2D eigenvalue weighted by Gasteiger charge is 1.97. The molecule has 64 valence electrons. The minimum absolute atomic E-state index is 0.527. The van der Waals surface area contributed by atoms with Crippen molar-refractivity contribution in [2.45, 2.75) is 12.8 Å². The molecule has 0 N–H and O–H groups in total. The van der Waals surface area contributed by atoms with Gasteiger partial charge in [-0.05, 0) is 23.1 Å². The van der Waals surface area contributed by atoms with Crippen LogP contribution < -0.4 is 0 Å². The monoisotopic (exact) mass is 178 g/mol. The largest absolute Gasteiger partial charge is 0.138 e. The number of rotatable bonds is 3. The molecule has 0 saturated carbocycles. The summed E-state index contributed by atoms with van der Waals surface area (Å²) < 4.78 is 0. The van der Waals surface area contributed by atoms with Crippen LogP contribution in [-0.4, -0.2) is 6.26 Å². The van der Waals surface area contributed by atoms with E-state index in [0.29, 0.717) is 5.92 Å². The summed E-state index contributed by atoms with van der Waals surface area (Å²) in [5.41, 5.74) is 1.38. The Bertz CT molecular complexity index is 238. The Hall–Kier alpha value is -0.690. The van der Waals surface area contributed by atoms with E-state index in [0.717, 1.165) is 0 Å². The Balaban J connectivity index is 2.65. The van der Waals surface area contributed by atoms with Gasteiger partial charge in [0.15, 0.2) is 0 Å². The maximum atomic E-state index is 2.22. The average Bonchev–Trinajstić information content (AvgIpc) is 2.15. The van der Waals surface area contributed by atoms with Crippen molar-refractivity contribution in [3.63, 3.8) is 0 Å². The minimum Gasteiger partial charge on any atom is -0.138 e. The first-order valence-corrected chi connectivity index (χ1v) is 5.38. The van der Waals surface area contributed by atoms with Gasteiger partial charge in [0, 0.05) is 0 Å². The second-order valence-electron chi connectivity index (χ2n) is 2.76. The molecule has 0 aromatic heterocycles. The highest BCUT2D eigenvalue weighted by atomic mass is 32.2. The first-order valence-electron chi connectivity index (χ1n) is 4.09. The molecule has 1 aromatic carbocycles. The van der Waals surface area contributed by atoms with Gasteiger partial charge in [-0.15, -0.1) is 11.8 Å². The third-order valence-corrected chi connectivity index (χ3v) is 2.26. The van der Waals surface area contributed by atoms with Crippen LogP contribution in [0.1, 0.15) is 18.4 Å². The van der Waals surface area contributed by atoms with Gasteiger partial charge in [-0.2, -0.15) is 0 Å². The maximum absolute atomic E-state index is 2.22. The van der Waals surface area contributed by atoms with Gasteiger partial charge in [-0.25, -0.2) is 0 Å². The van der Waals surface area contributed by atoms with Crippen molar-refractivity contribution in [1.29, 1.82) is 0 Å². The Morgan fingerprint density at radius 2 is 1.92 bits per heavy atom. The lowest BCUT2D eigenvalue weighted by molar-refractivity contribution is 0.970. The zero-order valence-electron chi connectivity index (χ0n) is 7.53. The molecule has 0 aliphatic heterocycles. The highest BCUT2D eigenvalue weighted by molar-refractivity contribution is 8.01. The number of hydrogen-bond donors (Lipinski definition) is 0. The zero-order valence-corrected chi connectivity index (χ0v) is 8.34. The molecule has 0 radical (unpaired) electrons. The van der Waals surface area contributed by atoms with E-state index in [9.17, 15) is 0 Å². The van der Waals surface area contributed by atoms with Gasteiger partial charge < -0.3 is 0 Å². The molecule has 0 saturated heterocycles. The Morgan fingerprint density at radius 1 is 1.25 bits per heavy atom. The smallest absolute Gasteiger partial charge is 0.000229 e. The third kappa shape index (κ3) is 2.74. The molecule has 1 aromatic rings. The van der Waals surface area contributed by atoms with Gasteiger partial charge in [-0.3, -0.25) is 0 Å². The van der Waals surface area contributed by atoms with Crippen molar-refractivity contribution in [2.24, 2.45) is 0 Å². The standard InChI is InChI=1S/C11H14S/c1-10(8-9-12-2)11-6-4-3-5-7-11/h3-10H,1-2H3/b9-8+. The predicted octanol–water partition coefficient (Wildman–Crippen LogP) is 3.67. The van der Waals surface area contributed by atoms with Crippen molar-refractivity contribution in [1.82, 2.24) is 0 Å². The van der Waals surface area contributed by atoms with E-state index in [4.69, 9.17) is 0 Å². The van der Waals surface area contributed by atoms with Gasteiger partial charge >= 0.3 is 0 Å². The number of thioether (sulfide) groups is 1. The van der Waals surface area contributed by atoms with Crippen molar-refractivity contribution in [2.75, 3.05) is 6.26 Å². The van der Waals surface area contributed by atoms with E-state index < -0.39 is 0 Å². The van der Waals surface area contributed by atoms with E-state index >= 15 is 0 Å². The van der Waals surface area contributed by atoms with Crippen molar-refractivity contribution in [3.05, 3.63) is 47.4 Å². The van der Waals surface area contributed by atoms with Gasteiger partial charge in [0.1, 0.15) is 0 Å². The molecule has 0 bridgehead atoms. The Morgan fingerprint density at radius 3 is 2.50 bits per heavy atom. The molecule has 12 heavy (non-hydrogen) atoms. The topological polar surface area (TPSA) is 0 Å². The SMILES string of the molecule is CS/C=C/C(C)c1ccccc1. The van der Waals surface area contributed by atoms with Crippen molar-refractivity contribution < 1.29 is 0 Å². The van der Waals surface area contributed by atoms with Crippen LogP contribution in [0.3, 0.4) is 0 Å². The molecule has 0 aliphatic rings. The summed E-state index contributed by atoms with van der Waals surface area (Å²) in [6, 6.07) is 10.5. The summed E-state index contributed by atoms with van der Waals surface area (Å²) in [6.07, 6.45) is 4.30. The molecule has 0 spiro atoms. The third-order valence-electron chi connectivity index (χ3n) is 1.83. The maximum Gasteiger partial charge on any atom is -0.000229 e. The fraction of sp³-hybridized carbons (Fsp3) is 0.273. The van der Waals surface area contributed by atoms with Crippen LogP contribution in [0.5, 0.6) is 0 Å². The first-order chi connectivity index (χ1) is 5.84. The molecule has 0 amide bonds. The molecule has 0 heterocycles. The van der Waals surface area contributed by atoms with Crippen LogP contribution in [0.4, 0.5) is 0 Å². The van der Waals surface area contributed by atoms with Crippen LogP contribution in [0.15, 0.2) is 41.8 Å². The Labute approximate surface area is 78.7 Å². The fourth-order valence-corrected chi connectivity index (χ4v) is 1.46. The second-order valence-corrected chi connectivity index (χ2v) is 3.51. The highest BCUT2D eigenvalue weighted by Crippen LogP contribution is 2.16. The van der Waals surface area contributed by atoms with E-state index in [2.05, 4.69) is 55.0 Å². The zero-order chi connectivity index (χ0) is 8.81. The van der Waals surface area contributed by atoms with Crippen LogP contribution in [-0.2, 0) is 0 Å². The van der Waals surface area contributed by atoms with Crippen LogP contribution in [0.25, 0.3) is 0 Å². The summed E-state index contributed by atoms with van der Waals surface area (Å²) in [5, 5.41) is 2.14. The van der Waals surface area contributed by atoms with Gasteiger partial charge in [0.25, 0.3) is 0 Å². The van der Waals surface area contributed by atoms with Gasteiger partial charge in [-0.1, -0.05) is 43.3 Å². The minimum atomic E-state index is 0.527. The lowest BCUT2D eigenvalue weighted by Gasteiger charge is -2.04. The lowest BCUT2D eigenvalue weighted by Crippen LogP contribution is -1.86. The molecule has 0 aliphatic carbocycles. The Kier molecular flexibility index (Phi) is 3.95. The number of benzene rings is 1. The van der Waals surface area contributed by atoms with E-state index in [-0.39, 0.29) is 0 Å². The second kappa shape index (κ2) is 5.04. The average molecular weight is 178 g/mol. The first kappa shape index (κ1) is 9.40. The summed E-state index contributed by atoms with van der Waals surface area (Å²) >= 11 is 1.74. The predicted molar refractivity (Wildman–Crippen MR) is 57.5 cm³/mol.